The Morgan fingerprint density at radius 2 is 1.95 bits per heavy atom. The molecule has 0 heterocycles. The highest BCUT2D eigenvalue weighted by Gasteiger charge is 2.20. The fourth-order valence-corrected chi connectivity index (χ4v) is 2.36. The number of nitrogens with one attached hydrogen (secondary N) is 1. The minimum Gasteiger partial charge on any atom is -0.507 e. The van der Waals surface area contributed by atoms with Gasteiger partial charge in [-0.25, -0.2) is 0 Å². The Labute approximate surface area is 137 Å². The zero-order valence-electron chi connectivity index (χ0n) is 12.1. The molecule has 0 saturated carbocycles. The predicted octanol–water partition coefficient (Wildman–Crippen LogP) is 3.01. The Kier molecular flexibility index (Phi) is 6.44. The molecule has 0 unspecified atom stereocenters. The number of aliphatic carboxylic acids is 1. The van der Waals surface area contributed by atoms with Gasteiger partial charge in [-0.2, -0.15) is 0 Å². The number of phenols is 1. The molecule has 0 atom stereocenters. The van der Waals surface area contributed by atoms with Gasteiger partial charge in [-0.3, -0.25) is 9.59 Å². The Balaban J connectivity index is 2.50. The van der Waals surface area contributed by atoms with Crippen molar-refractivity contribution in [1.82, 2.24) is 5.32 Å². The summed E-state index contributed by atoms with van der Waals surface area (Å²) < 4.78 is 0.873. The van der Waals surface area contributed by atoms with Crippen LogP contribution >= 0.6 is 22.6 Å². The van der Waals surface area contributed by atoms with Gasteiger partial charge in [-0.1, -0.05) is 13.8 Å². The number of aromatic hydroxyl groups is 1. The van der Waals surface area contributed by atoms with Crippen LogP contribution in [0, 0.1) is 8.99 Å². The average molecular weight is 405 g/mol. The molecule has 0 aliphatic carbocycles. The number of benzene rings is 1. The lowest BCUT2D eigenvalue weighted by Crippen LogP contribution is -2.28. The summed E-state index contributed by atoms with van der Waals surface area (Å²) in [6.45, 7) is 4.40. The first-order valence-corrected chi connectivity index (χ1v) is 7.78. The number of carboxylic acids is 1. The number of amides is 1. The van der Waals surface area contributed by atoms with E-state index in [1.165, 1.54) is 6.07 Å². The van der Waals surface area contributed by atoms with Gasteiger partial charge < -0.3 is 15.5 Å². The molecular formula is C15H20INO4. The molecule has 0 aliphatic rings. The van der Waals surface area contributed by atoms with Gasteiger partial charge >= 0.3 is 5.97 Å². The van der Waals surface area contributed by atoms with Crippen LogP contribution < -0.4 is 5.32 Å². The molecule has 0 spiro atoms. The van der Waals surface area contributed by atoms with E-state index in [9.17, 15) is 14.7 Å². The smallest absolute Gasteiger partial charge is 0.303 e. The first kappa shape index (κ1) is 17.7. The van der Waals surface area contributed by atoms with E-state index >= 15 is 0 Å². The first-order chi connectivity index (χ1) is 9.71. The van der Waals surface area contributed by atoms with Gasteiger partial charge in [0.05, 0.1) is 5.56 Å². The number of hydrogen-bond acceptors (Lipinski definition) is 3. The molecule has 116 valence electrons. The Hall–Kier alpha value is -1.31. The maximum Gasteiger partial charge on any atom is 0.303 e. The Bertz CT molecular complexity index is 528. The maximum absolute atomic E-state index is 12.0. The monoisotopic (exact) mass is 405 g/mol. The number of rotatable bonds is 7. The zero-order valence-corrected chi connectivity index (χ0v) is 14.3. The van der Waals surface area contributed by atoms with Crippen LogP contribution in [0.15, 0.2) is 18.2 Å². The molecule has 1 amide bonds. The van der Waals surface area contributed by atoms with Crippen molar-refractivity contribution in [2.24, 2.45) is 5.41 Å². The first-order valence-electron chi connectivity index (χ1n) is 6.70. The molecule has 0 fully saturated rings. The normalized spacial score (nSPS) is 11.2. The predicted molar refractivity (Wildman–Crippen MR) is 88.4 cm³/mol. The van der Waals surface area contributed by atoms with E-state index in [1.54, 1.807) is 12.1 Å². The van der Waals surface area contributed by atoms with Crippen LogP contribution in [0.1, 0.15) is 43.5 Å². The van der Waals surface area contributed by atoms with Gasteiger partial charge in [-0.05, 0) is 59.0 Å². The van der Waals surface area contributed by atoms with Crippen LogP contribution in [0.5, 0.6) is 5.75 Å². The molecule has 5 nitrogen and oxygen atoms in total. The summed E-state index contributed by atoms with van der Waals surface area (Å²) >= 11 is 2.08. The highest BCUT2D eigenvalue weighted by molar-refractivity contribution is 14.1. The van der Waals surface area contributed by atoms with Crippen molar-refractivity contribution in [2.75, 3.05) is 6.54 Å². The average Bonchev–Trinajstić information content (AvgIpc) is 2.39. The summed E-state index contributed by atoms with van der Waals surface area (Å²) in [6, 6.07) is 4.84. The minimum absolute atomic E-state index is 0.0435. The molecule has 1 rings (SSSR count). The number of phenolic OH excluding ortho intramolecular Hbond substituents is 1. The van der Waals surface area contributed by atoms with Crippen LogP contribution in [0.25, 0.3) is 0 Å². The van der Waals surface area contributed by atoms with Gasteiger partial charge in [0.1, 0.15) is 5.75 Å². The van der Waals surface area contributed by atoms with Crippen molar-refractivity contribution >= 4 is 34.5 Å². The Morgan fingerprint density at radius 3 is 2.57 bits per heavy atom. The van der Waals surface area contributed by atoms with Gasteiger partial charge in [0.25, 0.3) is 5.91 Å². The number of carbonyl (C=O) groups excluding carboxylic acids is 1. The van der Waals surface area contributed by atoms with Crippen molar-refractivity contribution in [2.45, 2.75) is 33.1 Å². The second-order valence-corrected chi connectivity index (χ2v) is 6.97. The summed E-state index contributed by atoms with van der Waals surface area (Å²) in [5.74, 6) is -1.17. The highest BCUT2D eigenvalue weighted by Crippen LogP contribution is 2.26. The van der Waals surface area contributed by atoms with E-state index < -0.39 is 5.97 Å². The number of carboxylic acid groups (broad SMARTS) is 1. The molecule has 1 aromatic rings. The molecule has 0 saturated heterocycles. The summed E-state index contributed by atoms with van der Waals surface area (Å²) in [7, 11) is 0. The van der Waals surface area contributed by atoms with Crippen molar-refractivity contribution in [1.29, 1.82) is 0 Å². The second-order valence-electron chi connectivity index (χ2n) is 5.73. The SMILES string of the molecule is CC(C)(CCNC(=O)c1cc(I)ccc1O)CCC(=O)O. The Morgan fingerprint density at radius 1 is 1.29 bits per heavy atom. The van der Waals surface area contributed by atoms with Crippen molar-refractivity contribution < 1.29 is 19.8 Å². The van der Waals surface area contributed by atoms with E-state index in [4.69, 9.17) is 5.11 Å². The molecule has 1 aromatic carbocycles. The van der Waals surface area contributed by atoms with E-state index in [0.29, 0.717) is 19.4 Å². The summed E-state index contributed by atoms with van der Waals surface area (Å²) in [5, 5.41) is 21.1. The van der Waals surface area contributed by atoms with Crippen LogP contribution in [0.2, 0.25) is 0 Å². The standard InChI is InChI=1S/C15H20INO4/c1-15(2,6-5-13(19)20)7-8-17-14(21)11-9-10(16)3-4-12(11)18/h3-4,9,18H,5-8H2,1-2H3,(H,17,21)(H,19,20). The fraction of sp³-hybridized carbons (Fsp3) is 0.467. The van der Waals surface area contributed by atoms with E-state index in [2.05, 4.69) is 27.9 Å². The second kappa shape index (κ2) is 7.63. The van der Waals surface area contributed by atoms with Crippen LogP contribution in [0.3, 0.4) is 0 Å². The zero-order chi connectivity index (χ0) is 16.0. The topological polar surface area (TPSA) is 86.6 Å². The molecular weight excluding hydrogens is 385 g/mol. The third-order valence-corrected chi connectivity index (χ3v) is 3.98. The van der Waals surface area contributed by atoms with Crippen molar-refractivity contribution in [3.8, 4) is 5.75 Å². The van der Waals surface area contributed by atoms with E-state index in [-0.39, 0.29) is 29.1 Å². The highest BCUT2D eigenvalue weighted by atomic mass is 127. The van der Waals surface area contributed by atoms with Crippen molar-refractivity contribution in [3.63, 3.8) is 0 Å². The summed E-state index contributed by atoms with van der Waals surface area (Å²) in [5.41, 5.74) is 0.101. The van der Waals surface area contributed by atoms with Crippen LogP contribution in [-0.4, -0.2) is 28.6 Å². The fourth-order valence-electron chi connectivity index (χ4n) is 1.87. The van der Waals surface area contributed by atoms with Gasteiger partial charge in [0.15, 0.2) is 0 Å². The number of halogens is 1. The quantitative estimate of drug-likeness (QED) is 0.609. The number of carbonyl (C=O) groups is 2. The molecule has 0 radical (unpaired) electrons. The van der Waals surface area contributed by atoms with Gasteiger partial charge in [0, 0.05) is 16.5 Å². The lowest BCUT2D eigenvalue weighted by Gasteiger charge is -2.23. The van der Waals surface area contributed by atoms with Gasteiger partial charge in [0.2, 0.25) is 0 Å². The molecule has 0 aromatic heterocycles. The van der Waals surface area contributed by atoms with Crippen LogP contribution in [-0.2, 0) is 4.79 Å². The van der Waals surface area contributed by atoms with Gasteiger partial charge in [-0.15, -0.1) is 0 Å². The maximum atomic E-state index is 12.0. The molecule has 3 N–H and O–H groups in total. The summed E-state index contributed by atoms with van der Waals surface area (Å²) in [6.07, 6.45) is 1.36. The third kappa shape index (κ3) is 6.33. The minimum atomic E-state index is -0.809. The molecule has 0 bridgehead atoms. The third-order valence-electron chi connectivity index (χ3n) is 3.31. The largest absolute Gasteiger partial charge is 0.507 e. The van der Waals surface area contributed by atoms with Crippen LogP contribution in [0.4, 0.5) is 0 Å². The molecule has 6 heteroatoms. The lowest BCUT2D eigenvalue weighted by atomic mass is 9.84. The van der Waals surface area contributed by atoms with E-state index in [0.717, 1.165) is 3.57 Å². The molecule has 21 heavy (non-hydrogen) atoms. The lowest BCUT2D eigenvalue weighted by molar-refractivity contribution is -0.137. The number of hydrogen-bond donors (Lipinski definition) is 3. The summed E-state index contributed by atoms with van der Waals surface area (Å²) in [4.78, 5) is 22.6. The molecule has 0 aliphatic heterocycles. The van der Waals surface area contributed by atoms with E-state index in [1.807, 2.05) is 13.8 Å². The van der Waals surface area contributed by atoms with Crippen molar-refractivity contribution in [3.05, 3.63) is 27.3 Å².